The van der Waals surface area contributed by atoms with E-state index in [0.29, 0.717) is 46.2 Å². The molecule has 1 atom stereocenters. The predicted octanol–water partition coefficient (Wildman–Crippen LogP) is 5.41. The highest BCUT2D eigenvalue weighted by Crippen LogP contribution is 2.39. The lowest BCUT2D eigenvalue weighted by molar-refractivity contribution is -0.122. The minimum absolute atomic E-state index is 0.0997. The molecule has 0 spiro atoms. The van der Waals surface area contributed by atoms with Gasteiger partial charge in [-0.05, 0) is 53.6 Å². The zero-order valence-corrected chi connectivity index (χ0v) is 23.5. The number of carbonyl (C=O) groups excluding carboxylic acids is 2. The second-order valence-electron chi connectivity index (χ2n) is 9.20. The molecule has 4 aromatic carbocycles. The van der Waals surface area contributed by atoms with Crippen LogP contribution in [0.5, 0.6) is 17.2 Å². The van der Waals surface area contributed by atoms with Gasteiger partial charge in [-0.3, -0.25) is 4.79 Å². The lowest BCUT2D eigenvalue weighted by atomic mass is 10.0. The fraction of sp³-hybridized carbons (Fsp3) is 0.182. The van der Waals surface area contributed by atoms with Crippen LogP contribution < -0.4 is 24.8 Å². The Bertz CT molecular complexity index is 1570. The van der Waals surface area contributed by atoms with Crippen molar-refractivity contribution in [2.24, 2.45) is 0 Å². The minimum atomic E-state index is -0.919. The number of amides is 1. The molecule has 1 amide bonds. The third-order valence-electron chi connectivity index (χ3n) is 6.47. The van der Waals surface area contributed by atoms with Gasteiger partial charge in [-0.2, -0.15) is 5.26 Å². The van der Waals surface area contributed by atoms with Crippen LogP contribution in [0.1, 0.15) is 38.7 Å². The Hall–Kier alpha value is -5.49. The van der Waals surface area contributed by atoms with Gasteiger partial charge in [-0.15, -0.1) is 0 Å². The molecule has 9 nitrogen and oxygen atoms in total. The zero-order valence-electron chi connectivity index (χ0n) is 23.5. The van der Waals surface area contributed by atoms with Crippen molar-refractivity contribution in [1.82, 2.24) is 5.32 Å². The standard InChI is InChI=1S/C33H31N3O6/c1-39-29-17-27(28(18-30(29)40-2)42-21-24-10-7-11-25(16-24)33(38)41-3)31(36-26-14-12-22(19-34)13-15-26)32(37)35-20-23-8-5-4-6-9-23/h4-18,31,36H,20-21H2,1-3H3,(H,35,37). The molecule has 4 rings (SSSR count). The van der Waals surface area contributed by atoms with Crippen molar-refractivity contribution < 1.29 is 28.5 Å². The Balaban J connectivity index is 1.71. The van der Waals surface area contributed by atoms with E-state index < -0.39 is 12.0 Å². The van der Waals surface area contributed by atoms with Gasteiger partial charge in [0.15, 0.2) is 11.5 Å². The van der Waals surface area contributed by atoms with E-state index in [1.165, 1.54) is 21.3 Å². The van der Waals surface area contributed by atoms with Gasteiger partial charge >= 0.3 is 5.97 Å². The number of nitrogens with one attached hydrogen (secondary N) is 2. The van der Waals surface area contributed by atoms with Crippen LogP contribution in [-0.4, -0.2) is 33.2 Å². The van der Waals surface area contributed by atoms with Gasteiger partial charge in [-0.25, -0.2) is 4.79 Å². The molecule has 0 bridgehead atoms. The van der Waals surface area contributed by atoms with E-state index in [1.807, 2.05) is 36.4 Å². The summed E-state index contributed by atoms with van der Waals surface area (Å²) in [6, 6.07) is 27.8. The van der Waals surface area contributed by atoms with Crippen molar-refractivity contribution in [2.75, 3.05) is 26.6 Å². The molecule has 0 aliphatic rings. The lowest BCUT2D eigenvalue weighted by Crippen LogP contribution is -2.33. The van der Waals surface area contributed by atoms with Crippen molar-refractivity contribution in [3.8, 4) is 23.3 Å². The van der Waals surface area contributed by atoms with E-state index in [-0.39, 0.29) is 12.5 Å². The van der Waals surface area contributed by atoms with E-state index in [2.05, 4.69) is 16.7 Å². The normalized spacial score (nSPS) is 11.0. The number of ether oxygens (including phenoxy) is 4. The Morgan fingerprint density at radius 3 is 2.17 bits per heavy atom. The van der Waals surface area contributed by atoms with Crippen molar-refractivity contribution in [3.05, 3.63) is 119 Å². The maximum atomic E-state index is 13.8. The molecule has 0 aliphatic carbocycles. The average molecular weight is 566 g/mol. The Kier molecular flexibility index (Phi) is 9.99. The second kappa shape index (κ2) is 14.2. The lowest BCUT2D eigenvalue weighted by Gasteiger charge is -2.24. The molecule has 42 heavy (non-hydrogen) atoms. The van der Waals surface area contributed by atoms with E-state index in [1.54, 1.807) is 54.6 Å². The Labute approximate surface area is 244 Å². The Morgan fingerprint density at radius 1 is 0.810 bits per heavy atom. The highest BCUT2D eigenvalue weighted by atomic mass is 16.5. The average Bonchev–Trinajstić information content (AvgIpc) is 3.05. The smallest absolute Gasteiger partial charge is 0.337 e. The number of esters is 1. The van der Waals surface area contributed by atoms with E-state index in [4.69, 9.17) is 18.9 Å². The molecular formula is C33H31N3O6. The molecule has 0 saturated carbocycles. The molecule has 0 heterocycles. The van der Waals surface area contributed by atoms with Gasteiger partial charge in [0, 0.05) is 23.9 Å². The molecule has 214 valence electrons. The third-order valence-corrected chi connectivity index (χ3v) is 6.47. The molecule has 4 aromatic rings. The first-order valence-electron chi connectivity index (χ1n) is 13.1. The predicted molar refractivity (Wildman–Crippen MR) is 157 cm³/mol. The number of carbonyl (C=O) groups is 2. The molecular weight excluding hydrogens is 534 g/mol. The maximum Gasteiger partial charge on any atom is 0.337 e. The van der Waals surface area contributed by atoms with Crippen molar-refractivity contribution in [2.45, 2.75) is 19.2 Å². The Morgan fingerprint density at radius 2 is 1.50 bits per heavy atom. The molecule has 9 heteroatoms. The first-order chi connectivity index (χ1) is 20.4. The van der Waals surface area contributed by atoms with Gasteiger partial charge in [0.1, 0.15) is 18.4 Å². The summed E-state index contributed by atoms with van der Waals surface area (Å²) < 4.78 is 22.2. The zero-order chi connectivity index (χ0) is 29.9. The number of benzene rings is 4. The number of anilines is 1. The first kappa shape index (κ1) is 29.5. The summed E-state index contributed by atoms with van der Waals surface area (Å²) in [5.74, 6) is 0.437. The van der Waals surface area contributed by atoms with Gasteiger partial charge in [0.2, 0.25) is 5.91 Å². The number of rotatable bonds is 12. The summed E-state index contributed by atoms with van der Waals surface area (Å²) in [7, 11) is 4.35. The summed E-state index contributed by atoms with van der Waals surface area (Å²) >= 11 is 0. The summed E-state index contributed by atoms with van der Waals surface area (Å²) in [5, 5.41) is 15.5. The fourth-order valence-electron chi connectivity index (χ4n) is 4.27. The summed E-state index contributed by atoms with van der Waals surface area (Å²) in [6.45, 7) is 0.414. The highest BCUT2D eigenvalue weighted by molar-refractivity contribution is 5.89. The highest BCUT2D eigenvalue weighted by Gasteiger charge is 2.27. The van der Waals surface area contributed by atoms with Crippen LogP contribution in [0.3, 0.4) is 0 Å². The van der Waals surface area contributed by atoms with Crippen LogP contribution in [-0.2, 0) is 22.7 Å². The monoisotopic (exact) mass is 565 g/mol. The topological polar surface area (TPSA) is 119 Å². The van der Waals surface area contributed by atoms with Gasteiger partial charge < -0.3 is 29.6 Å². The van der Waals surface area contributed by atoms with E-state index in [9.17, 15) is 14.9 Å². The molecule has 0 aromatic heterocycles. The molecule has 0 saturated heterocycles. The summed E-state index contributed by atoms with van der Waals surface area (Å²) in [5.41, 5.74) is 3.68. The molecule has 0 fully saturated rings. The van der Waals surface area contributed by atoms with E-state index >= 15 is 0 Å². The third kappa shape index (κ3) is 7.37. The van der Waals surface area contributed by atoms with Crippen molar-refractivity contribution in [3.63, 3.8) is 0 Å². The number of hydrogen-bond acceptors (Lipinski definition) is 8. The van der Waals surface area contributed by atoms with Crippen LogP contribution in [0.2, 0.25) is 0 Å². The molecule has 0 radical (unpaired) electrons. The maximum absolute atomic E-state index is 13.8. The largest absolute Gasteiger partial charge is 0.493 e. The summed E-state index contributed by atoms with van der Waals surface area (Å²) in [6.07, 6.45) is 0. The second-order valence-corrected chi connectivity index (χ2v) is 9.20. The van der Waals surface area contributed by atoms with E-state index in [0.717, 1.165) is 11.1 Å². The van der Waals surface area contributed by atoms with Crippen molar-refractivity contribution >= 4 is 17.6 Å². The SMILES string of the molecule is COC(=O)c1cccc(COc2cc(OC)c(OC)cc2C(Nc2ccc(C#N)cc2)C(=O)NCc2ccccc2)c1. The molecule has 2 N–H and O–H groups in total. The number of hydrogen-bond donors (Lipinski definition) is 2. The van der Waals surface area contributed by atoms with Crippen LogP contribution in [0.15, 0.2) is 91.0 Å². The fourth-order valence-corrected chi connectivity index (χ4v) is 4.27. The van der Waals surface area contributed by atoms with Crippen LogP contribution >= 0.6 is 0 Å². The number of nitrogens with zero attached hydrogens (tertiary/aromatic N) is 1. The summed E-state index contributed by atoms with van der Waals surface area (Å²) in [4.78, 5) is 25.8. The molecule has 1 unspecified atom stereocenters. The number of methoxy groups -OCH3 is 3. The minimum Gasteiger partial charge on any atom is -0.493 e. The quantitative estimate of drug-likeness (QED) is 0.219. The van der Waals surface area contributed by atoms with Crippen LogP contribution in [0.25, 0.3) is 0 Å². The van der Waals surface area contributed by atoms with Crippen LogP contribution in [0, 0.1) is 11.3 Å². The first-order valence-corrected chi connectivity index (χ1v) is 13.1. The molecule has 0 aliphatic heterocycles. The van der Waals surface area contributed by atoms with Gasteiger partial charge in [0.05, 0.1) is 38.5 Å². The van der Waals surface area contributed by atoms with Gasteiger partial charge in [0.25, 0.3) is 0 Å². The number of nitriles is 1. The van der Waals surface area contributed by atoms with Crippen LogP contribution in [0.4, 0.5) is 5.69 Å². The van der Waals surface area contributed by atoms with Gasteiger partial charge in [-0.1, -0.05) is 42.5 Å². The van der Waals surface area contributed by atoms with Crippen molar-refractivity contribution in [1.29, 1.82) is 5.26 Å².